The molecule has 1 aromatic heterocycles. The van der Waals surface area contributed by atoms with Crippen LogP contribution in [0.15, 0.2) is 40.3 Å². The maximum Gasteiger partial charge on any atom is 0.416 e. The minimum atomic E-state index is -4.36. The average molecular weight is 342 g/mol. The Bertz CT molecular complexity index is 754. The largest absolute Gasteiger partial charge is 0.416 e. The van der Waals surface area contributed by atoms with Crippen molar-refractivity contribution in [3.05, 3.63) is 57.5 Å². The Hall–Kier alpha value is -1.76. The Morgan fingerprint density at radius 3 is 2.57 bits per heavy atom. The van der Waals surface area contributed by atoms with Crippen LogP contribution in [0.1, 0.15) is 36.6 Å². The quantitative estimate of drug-likeness (QED) is 0.616. The highest BCUT2D eigenvalue weighted by atomic mass is 32.2. The molecule has 0 saturated heterocycles. The van der Waals surface area contributed by atoms with Gasteiger partial charge in [-0.25, -0.2) is 4.98 Å². The van der Waals surface area contributed by atoms with Crippen LogP contribution in [0, 0.1) is 0 Å². The van der Waals surface area contributed by atoms with Crippen LogP contribution in [0.25, 0.3) is 0 Å². The first-order valence-electron chi connectivity index (χ1n) is 7.05. The fourth-order valence-corrected chi connectivity index (χ4v) is 2.87. The summed E-state index contributed by atoms with van der Waals surface area (Å²) in [6.07, 6.45) is -4.36. The van der Waals surface area contributed by atoms with Gasteiger partial charge in [0.2, 0.25) is 0 Å². The third-order valence-corrected chi connectivity index (χ3v) is 4.43. The van der Waals surface area contributed by atoms with E-state index in [4.69, 9.17) is 0 Å². The first kappa shape index (κ1) is 17.6. The van der Waals surface area contributed by atoms with Gasteiger partial charge in [0.1, 0.15) is 0 Å². The second-order valence-corrected chi connectivity index (χ2v) is 6.44. The molecule has 0 aliphatic carbocycles. The van der Waals surface area contributed by atoms with Crippen molar-refractivity contribution in [2.24, 2.45) is 7.05 Å². The van der Waals surface area contributed by atoms with Crippen LogP contribution in [-0.2, 0) is 19.0 Å². The van der Waals surface area contributed by atoms with Crippen molar-refractivity contribution in [2.45, 2.75) is 36.9 Å². The molecule has 0 spiro atoms. The van der Waals surface area contributed by atoms with Crippen LogP contribution in [0.3, 0.4) is 0 Å². The summed E-state index contributed by atoms with van der Waals surface area (Å²) in [6.45, 7) is 3.87. The molecule has 7 heteroatoms. The molecule has 0 unspecified atom stereocenters. The molecule has 3 nitrogen and oxygen atoms in total. The summed E-state index contributed by atoms with van der Waals surface area (Å²) in [5.41, 5.74) is 0.372. The van der Waals surface area contributed by atoms with Crippen LogP contribution in [0.4, 0.5) is 13.2 Å². The van der Waals surface area contributed by atoms with Gasteiger partial charge in [0.25, 0.3) is 5.56 Å². The van der Waals surface area contributed by atoms with E-state index in [1.54, 1.807) is 13.1 Å². The maximum absolute atomic E-state index is 12.7. The number of halogens is 3. The summed E-state index contributed by atoms with van der Waals surface area (Å²) in [6, 6.07) is 6.67. The van der Waals surface area contributed by atoms with Crippen molar-refractivity contribution in [1.82, 2.24) is 9.55 Å². The highest BCUT2D eigenvalue weighted by Gasteiger charge is 2.30. The van der Waals surface area contributed by atoms with Gasteiger partial charge in [0.15, 0.2) is 5.16 Å². The average Bonchev–Trinajstić information content (AvgIpc) is 2.48. The molecule has 1 aromatic carbocycles. The van der Waals surface area contributed by atoms with Crippen LogP contribution in [0.5, 0.6) is 0 Å². The number of rotatable bonds is 4. The lowest BCUT2D eigenvalue weighted by Crippen LogP contribution is -2.20. The Morgan fingerprint density at radius 2 is 1.96 bits per heavy atom. The Kier molecular flexibility index (Phi) is 5.19. The van der Waals surface area contributed by atoms with Gasteiger partial charge in [-0.3, -0.25) is 9.36 Å². The van der Waals surface area contributed by atoms with E-state index in [2.05, 4.69) is 4.98 Å². The summed E-state index contributed by atoms with van der Waals surface area (Å²) < 4.78 is 39.6. The van der Waals surface area contributed by atoms with Gasteiger partial charge in [-0.15, -0.1) is 0 Å². The number of hydrogen-bond donors (Lipinski definition) is 0. The first-order chi connectivity index (χ1) is 10.7. The lowest BCUT2D eigenvalue weighted by molar-refractivity contribution is -0.137. The van der Waals surface area contributed by atoms with E-state index in [1.165, 1.54) is 28.5 Å². The Labute approximate surface area is 136 Å². The Balaban J connectivity index is 2.23. The van der Waals surface area contributed by atoms with Crippen LogP contribution < -0.4 is 5.56 Å². The second-order valence-electron chi connectivity index (χ2n) is 5.50. The predicted octanol–water partition coefficient (Wildman–Crippen LogP) is 4.21. The zero-order valence-corrected chi connectivity index (χ0v) is 13.8. The molecule has 0 atom stereocenters. The number of benzene rings is 1. The standard InChI is InChI=1S/C16H17F3N2OS/c1-10(2)13-8-14(22)21(3)15(20-13)23-9-11-5-4-6-12(7-11)16(17,18)19/h4-8,10H,9H2,1-3H3. The molecular weight excluding hydrogens is 325 g/mol. The molecule has 0 N–H and O–H groups in total. The predicted molar refractivity (Wildman–Crippen MR) is 84.6 cm³/mol. The van der Waals surface area contributed by atoms with E-state index in [0.29, 0.717) is 22.2 Å². The van der Waals surface area contributed by atoms with Crippen LogP contribution in [0.2, 0.25) is 0 Å². The highest BCUT2D eigenvalue weighted by Crippen LogP contribution is 2.31. The number of thioether (sulfide) groups is 1. The normalized spacial score (nSPS) is 12.0. The number of hydrogen-bond acceptors (Lipinski definition) is 3. The molecule has 0 aliphatic heterocycles. The van der Waals surface area contributed by atoms with E-state index >= 15 is 0 Å². The van der Waals surface area contributed by atoms with Crippen LogP contribution in [-0.4, -0.2) is 9.55 Å². The molecule has 0 saturated carbocycles. The van der Waals surface area contributed by atoms with E-state index in [0.717, 1.165) is 12.1 Å². The lowest BCUT2D eigenvalue weighted by Gasteiger charge is -2.12. The smallest absolute Gasteiger partial charge is 0.291 e. The minimum absolute atomic E-state index is 0.108. The van der Waals surface area contributed by atoms with E-state index in [9.17, 15) is 18.0 Å². The molecule has 0 fully saturated rings. The van der Waals surface area contributed by atoms with E-state index in [1.807, 2.05) is 13.8 Å². The molecule has 2 aromatic rings. The SMILES string of the molecule is CC(C)c1cc(=O)n(C)c(SCc2cccc(C(F)(F)F)c2)n1. The fraction of sp³-hybridized carbons (Fsp3) is 0.375. The summed E-state index contributed by atoms with van der Waals surface area (Å²) in [5.74, 6) is 0.419. The first-order valence-corrected chi connectivity index (χ1v) is 8.04. The van der Waals surface area contributed by atoms with Gasteiger partial charge in [-0.1, -0.05) is 43.8 Å². The van der Waals surface area contributed by atoms with Crippen molar-refractivity contribution in [3.63, 3.8) is 0 Å². The van der Waals surface area contributed by atoms with Crippen molar-refractivity contribution in [1.29, 1.82) is 0 Å². The lowest BCUT2D eigenvalue weighted by atomic mass is 10.1. The summed E-state index contributed by atoms with van der Waals surface area (Å²) in [5, 5.41) is 0.499. The highest BCUT2D eigenvalue weighted by molar-refractivity contribution is 7.98. The van der Waals surface area contributed by atoms with Gasteiger partial charge >= 0.3 is 6.18 Å². The van der Waals surface area contributed by atoms with E-state index < -0.39 is 11.7 Å². The number of alkyl halides is 3. The van der Waals surface area contributed by atoms with Crippen molar-refractivity contribution in [2.75, 3.05) is 0 Å². The summed E-state index contributed by atoms with van der Waals surface area (Å²) in [7, 11) is 1.61. The third-order valence-electron chi connectivity index (χ3n) is 3.33. The van der Waals surface area contributed by atoms with Crippen molar-refractivity contribution in [3.8, 4) is 0 Å². The molecule has 2 rings (SSSR count). The van der Waals surface area contributed by atoms with Gasteiger partial charge in [0.05, 0.1) is 11.3 Å². The molecule has 23 heavy (non-hydrogen) atoms. The summed E-state index contributed by atoms with van der Waals surface area (Å²) in [4.78, 5) is 16.3. The zero-order valence-electron chi connectivity index (χ0n) is 13.0. The Morgan fingerprint density at radius 1 is 1.26 bits per heavy atom. The van der Waals surface area contributed by atoms with Gasteiger partial charge in [-0.05, 0) is 17.5 Å². The fourth-order valence-electron chi connectivity index (χ4n) is 1.95. The molecule has 0 amide bonds. The topological polar surface area (TPSA) is 34.9 Å². The molecule has 1 heterocycles. The third kappa shape index (κ3) is 4.37. The molecule has 124 valence electrons. The van der Waals surface area contributed by atoms with Gasteiger partial charge < -0.3 is 0 Å². The molecule has 0 aliphatic rings. The zero-order chi connectivity index (χ0) is 17.2. The molecule has 0 radical (unpaired) electrons. The van der Waals surface area contributed by atoms with Crippen LogP contribution >= 0.6 is 11.8 Å². The van der Waals surface area contributed by atoms with Gasteiger partial charge in [0, 0.05) is 18.9 Å². The minimum Gasteiger partial charge on any atom is -0.291 e. The summed E-state index contributed by atoms with van der Waals surface area (Å²) >= 11 is 1.25. The second kappa shape index (κ2) is 6.78. The maximum atomic E-state index is 12.7. The van der Waals surface area contributed by atoms with Crippen molar-refractivity contribution < 1.29 is 13.2 Å². The van der Waals surface area contributed by atoms with Gasteiger partial charge in [-0.2, -0.15) is 13.2 Å². The monoisotopic (exact) mass is 342 g/mol. The van der Waals surface area contributed by atoms with E-state index in [-0.39, 0.29) is 11.5 Å². The molecule has 0 bridgehead atoms. The number of nitrogens with zero attached hydrogens (tertiary/aromatic N) is 2. The van der Waals surface area contributed by atoms with Crippen molar-refractivity contribution >= 4 is 11.8 Å². The number of aromatic nitrogens is 2. The molecular formula is C16H17F3N2OS.